The van der Waals surface area contributed by atoms with Crippen LogP contribution in [0.1, 0.15) is 33.4 Å². The van der Waals surface area contributed by atoms with Crippen LogP contribution in [0.25, 0.3) is 11.3 Å². The van der Waals surface area contributed by atoms with Gasteiger partial charge in [0.2, 0.25) is 0 Å². The number of hydrogen-bond acceptors (Lipinski definition) is 3. The predicted octanol–water partition coefficient (Wildman–Crippen LogP) is 5.93. The van der Waals surface area contributed by atoms with Crippen LogP contribution in [0.3, 0.4) is 0 Å². The van der Waals surface area contributed by atoms with E-state index in [9.17, 15) is 0 Å². The first-order valence-electron chi connectivity index (χ1n) is 9.46. The van der Waals surface area contributed by atoms with Gasteiger partial charge in [0, 0.05) is 30.2 Å². The highest BCUT2D eigenvalue weighted by Crippen LogP contribution is 2.28. The van der Waals surface area contributed by atoms with E-state index < -0.39 is 0 Å². The zero-order valence-electron chi connectivity index (χ0n) is 16.6. The fraction of sp³-hybridized carbons (Fsp3) is 0.292. The molecule has 0 aliphatic heterocycles. The van der Waals surface area contributed by atoms with Gasteiger partial charge in [0.05, 0.1) is 5.69 Å². The molecule has 140 valence electrons. The van der Waals surface area contributed by atoms with Crippen LogP contribution in [0.4, 0.5) is 5.69 Å². The zero-order valence-corrected chi connectivity index (χ0v) is 17.5. The molecule has 0 radical (unpaired) electrons. The average molecular weight is 377 g/mol. The van der Waals surface area contributed by atoms with Crippen molar-refractivity contribution in [2.45, 2.75) is 39.4 Å². The first-order chi connectivity index (χ1) is 13.0. The Morgan fingerprint density at radius 3 is 2.41 bits per heavy atom. The van der Waals surface area contributed by atoms with Crippen LogP contribution in [0.5, 0.6) is 0 Å². The minimum Gasteiger partial charge on any atom is -0.388 e. The lowest BCUT2D eigenvalue weighted by molar-refractivity contribution is 0.936. The number of rotatable bonds is 6. The second-order valence-corrected chi connectivity index (χ2v) is 7.48. The highest BCUT2D eigenvalue weighted by molar-refractivity contribution is 7.79. The van der Waals surface area contributed by atoms with E-state index in [1.807, 2.05) is 13.2 Å². The number of pyridine rings is 1. The van der Waals surface area contributed by atoms with Crippen molar-refractivity contribution in [3.63, 3.8) is 0 Å². The quantitative estimate of drug-likeness (QED) is 0.521. The van der Waals surface area contributed by atoms with Crippen LogP contribution in [-0.4, -0.2) is 12.0 Å². The summed E-state index contributed by atoms with van der Waals surface area (Å²) in [6.07, 6.45) is 3.97. The van der Waals surface area contributed by atoms with E-state index in [4.69, 9.17) is 0 Å². The number of anilines is 1. The summed E-state index contributed by atoms with van der Waals surface area (Å²) in [6, 6.07) is 15.3. The first-order valence-corrected chi connectivity index (χ1v) is 10.1. The summed E-state index contributed by atoms with van der Waals surface area (Å²) >= 11 is 4.51. The van der Waals surface area contributed by atoms with Crippen LogP contribution < -0.4 is 5.32 Å². The molecule has 3 aromatic rings. The van der Waals surface area contributed by atoms with Crippen LogP contribution in [0.2, 0.25) is 0 Å². The normalized spacial score (nSPS) is 10.9. The molecule has 0 aliphatic rings. The van der Waals surface area contributed by atoms with E-state index in [0.29, 0.717) is 0 Å². The Labute approximate surface area is 168 Å². The SMILES string of the molecule is CNc1cccc(CS)c1CCc1cc(C)c(-c2ccc(C)cn2)cc1C. The molecule has 0 atom stereocenters. The Balaban J connectivity index is 1.87. The Morgan fingerprint density at radius 1 is 0.926 bits per heavy atom. The molecule has 0 amide bonds. The molecule has 0 saturated carbocycles. The summed E-state index contributed by atoms with van der Waals surface area (Å²) < 4.78 is 0. The molecule has 3 heteroatoms. The van der Waals surface area contributed by atoms with Crippen LogP contribution >= 0.6 is 12.6 Å². The van der Waals surface area contributed by atoms with Crippen LogP contribution in [-0.2, 0) is 18.6 Å². The van der Waals surface area contributed by atoms with Gasteiger partial charge >= 0.3 is 0 Å². The van der Waals surface area contributed by atoms with Crippen molar-refractivity contribution >= 4 is 18.3 Å². The van der Waals surface area contributed by atoms with Gasteiger partial charge in [0.1, 0.15) is 0 Å². The molecule has 3 rings (SSSR count). The third-order valence-electron chi connectivity index (χ3n) is 5.23. The number of aryl methyl sites for hydroxylation is 4. The van der Waals surface area contributed by atoms with Gasteiger partial charge in [-0.1, -0.05) is 24.3 Å². The highest BCUT2D eigenvalue weighted by Gasteiger charge is 2.11. The third-order valence-corrected chi connectivity index (χ3v) is 5.57. The summed E-state index contributed by atoms with van der Waals surface area (Å²) in [5.74, 6) is 0.765. The van der Waals surface area contributed by atoms with Crippen molar-refractivity contribution in [3.05, 3.63) is 82.0 Å². The molecule has 0 fully saturated rings. The Morgan fingerprint density at radius 2 is 1.74 bits per heavy atom. The van der Waals surface area contributed by atoms with Crippen molar-refractivity contribution < 1.29 is 0 Å². The number of benzene rings is 2. The zero-order chi connectivity index (χ0) is 19.4. The number of nitrogens with one attached hydrogen (secondary N) is 1. The average Bonchev–Trinajstić information content (AvgIpc) is 2.68. The minimum absolute atomic E-state index is 0.765. The van der Waals surface area contributed by atoms with Crippen molar-refractivity contribution in [1.29, 1.82) is 0 Å². The molecule has 1 heterocycles. The molecule has 1 aromatic heterocycles. The molecule has 0 aliphatic carbocycles. The fourth-order valence-corrected chi connectivity index (χ4v) is 3.92. The third kappa shape index (κ3) is 4.36. The van der Waals surface area contributed by atoms with Gasteiger partial charge in [-0.2, -0.15) is 12.6 Å². The van der Waals surface area contributed by atoms with Crippen molar-refractivity contribution in [2.24, 2.45) is 0 Å². The van der Waals surface area contributed by atoms with E-state index in [2.05, 4.69) is 86.2 Å². The van der Waals surface area contributed by atoms with Crippen molar-refractivity contribution in [2.75, 3.05) is 12.4 Å². The highest BCUT2D eigenvalue weighted by atomic mass is 32.1. The van der Waals surface area contributed by atoms with Gasteiger partial charge in [0.25, 0.3) is 0 Å². The van der Waals surface area contributed by atoms with E-state index in [1.165, 1.54) is 44.6 Å². The molecular formula is C24H28N2S. The summed E-state index contributed by atoms with van der Waals surface area (Å²) in [5.41, 5.74) is 11.4. The molecule has 0 spiro atoms. The number of thiol groups is 1. The second-order valence-electron chi connectivity index (χ2n) is 7.17. The molecule has 1 N–H and O–H groups in total. The fourth-order valence-electron chi connectivity index (χ4n) is 3.62. The maximum absolute atomic E-state index is 4.60. The molecule has 2 aromatic carbocycles. The van der Waals surface area contributed by atoms with Gasteiger partial charge in [-0.05, 0) is 85.2 Å². The van der Waals surface area contributed by atoms with Gasteiger partial charge in [-0.25, -0.2) is 0 Å². The Kier molecular flexibility index (Phi) is 6.22. The van der Waals surface area contributed by atoms with E-state index in [1.54, 1.807) is 0 Å². The predicted molar refractivity (Wildman–Crippen MR) is 120 cm³/mol. The lowest BCUT2D eigenvalue weighted by Gasteiger charge is -2.16. The maximum Gasteiger partial charge on any atom is 0.0704 e. The van der Waals surface area contributed by atoms with E-state index in [0.717, 1.165) is 24.3 Å². The molecule has 0 saturated heterocycles. The first kappa shape index (κ1) is 19.5. The maximum atomic E-state index is 4.60. The smallest absolute Gasteiger partial charge is 0.0704 e. The Bertz CT molecular complexity index is 908. The molecule has 0 unspecified atom stereocenters. The van der Waals surface area contributed by atoms with Gasteiger partial charge in [0.15, 0.2) is 0 Å². The second kappa shape index (κ2) is 8.62. The lowest BCUT2D eigenvalue weighted by Crippen LogP contribution is -2.03. The number of hydrogen-bond donors (Lipinski definition) is 2. The topological polar surface area (TPSA) is 24.9 Å². The lowest BCUT2D eigenvalue weighted by atomic mass is 9.92. The molecule has 27 heavy (non-hydrogen) atoms. The van der Waals surface area contributed by atoms with Crippen molar-refractivity contribution in [3.8, 4) is 11.3 Å². The molecule has 0 bridgehead atoms. The summed E-state index contributed by atoms with van der Waals surface area (Å²) in [6.45, 7) is 6.45. The Hall–Kier alpha value is -2.26. The van der Waals surface area contributed by atoms with E-state index >= 15 is 0 Å². The van der Waals surface area contributed by atoms with Crippen LogP contribution in [0.15, 0.2) is 48.7 Å². The number of aromatic nitrogens is 1. The largest absolute Gasteiger partial charge is 0.388 e. The van der Waals surface area contributed by atoms with Gasteiger partial charge in [-0.3, -0.25) is 4.98 Å². The van der Waals surface area contributed by atoms with Gasteiger partial charge in [-0.15, -0.1) is 0 Å². The number of nitrogens with zero attached hydrogens (tertiary/aromatic N) is 1. The van der Waals surface area contributed by atoms with Gasteiger partial charge < -0.3 is 5.32 Å². The van der Waals surface area contributed by atoms with E-state index in [-0.39, 0.29) is 0 Å². The summed E-state index contributed by atoms with van der Waals surface area (Å²) in [7, 11) is 1.99. The summed E-state index contributed by atoms with van der Waals surface area (Å²) in [4.78, 5) is 4.60. The monoisotopic (exact) mass is 376 g/mol. The molecular weight excluding hydrogens is 348 g/mol. The van der Waals surface area contributed by atoms with Crippen LogP contribution in [0, 0.1) is 20.8 Å². The standard InChI is InChI=1S/C24H28N2S/c1-16-8-11-24(26-14-16)22-13-17(2)19(12-18(22)3)9-10-21-20(15-27)6-5-7-23(21)25-4/h5-8,11-14,25,27H,9-10,15H2,1-4H3. The minimum atomic E-state index is 0.765. The van der Waals surface area contributed by atoms with Crippen molar-refractivity contribution in [1.82, 2.24) is 4.98 Å². The molecule has 2 nitrogen and oxygen atoms in total. The summed E-state index contributed by atoms with van der Waals surface area (Å²) in [5, 5.41) is 3.33.